The third kappa shape index (κ3) is 1.52. The Kier molecular flexibility index (Phi) is 1.98. The second-order valence-electron chi connectivity index (χ2n) is 2.25. The zero-order valence-corrected chi connectivity index (χ0v) is 8.53. The number of nitrogens with zero attached hydrogens (tertiary/aromatic N) is 2. The Hall–Kier alpha value is -0.720. The molecule has 0 saturated heterocycles. The molecule has 0 amide bonds. The zero-order chi connectivity index (χ0) is 9.47. The molecule has 0 atom stereocenters. The smallest absolute Gasteiger partial charge is 0.244 e. The molecule has 0 fully saturated rings. The van der Waals surface area contributed by atoms with Crippen molar-refractivity contribution in [1.29, 1.82) is 0 Å². The number of hydrogen-bond donors (Lipinski definition) is 0. The van der Waals surface area contributed by atoms with Crippen molar-refractivity contribution in [3.8, 4) is 0 Å². The van der Waals surface area contributed by atoms with Crippen LogP contribution in [0.25, 0.3) is 10.2 Å². The minimum Gasteiger partial charge on any atom is -0.244 e. The number of thiazole rings is 1. The summed E-state index contributed by atoms with van der Waals surface area (Å²) in [5, 5.41) is -0.117. The molecular weight excluding hydrogens is 232 g/mol. The Morgan fingerprint density at radius 2 is 2.15 bits per heavy atom. The van der Waals surface area contributed by atoms with Gasteiger partial charge in [-0.1, -0.05) is 0 Å². The van der Waals surface area contributed by atoms with Crippen molar-refractivity contribution in [2.45, 2.75) is 5.03 Å². The van der Waals surface area contributed by atoms with Crippen molar-refractivity contribution in [3.05, 3.63) is 17.8 Å². The molecule has 0 spiro atoms. The van der Waals surface area contributed by atoms with E-state index in [-0.39, 0.29) is 5.03 Å². The standard InChI is InChI=1S/C6H3ClN2O2S2/c7-13(10,11)6-5-4(1-2-8-6)9-3-12-5/h1-3H. The molecule has 0 unspecified atom stereocenters. The Morgan fingerprint density at radius 1 is 1.38 bits per heavy atom. The van der Waals surface area contributed by atoms with Crippen LogP contribution in [-0.2, 0) is 9.05 Å². The zero-order valence-electron chi connectivity index (χ0n) is 6.14. The van der Waals surface area contributed by atoms with Gasteiger partial charge < -0.3 is 0 Å². The number of halogens is 1. The minimum atomic E-state index is -3.77. The quantitative estimate of drug-likeness (QED) is 0.704. The maximum Gasteiger partial charge on any atom is 0.280 e. The molecule has 13 heavy (non-hydrogen) atoms. The van der Waals surface area contributed by atoms with E-state index in [1.165, 1.54) is 17.5 Å². The molecule has 2 aromatic rings. The van der Waals surface area contributed by atoms with Crippen LogP contribution in [0.5, 0.6) is 0 Å². The first-order valence-corrected chi connectivity index (χ1v) is 6.41. The van der Waals surface area contributed by atoms with E-state index in [9.17, 15) is 8.42 Å². The van der Waals surface area contributed by atoms with Gasteiger partial charge in [-0.25, -0.2) is 18.4 Å². The number of hydrogen-bond acceptors (Lipinski definition) is 5. The lowest BCUT2D eigenvalue weighted by atomic mass is 10.4. The third-order valence-corrected chi connectivity index (χ3v) is 3.63. The van der Waals surface area contributed by atoms with E-state index in [1.807, 2.05) is 0 Å². The lowest BCUT2D eigenvalue weighted by molar-refractivity contribution is 0.607. The second-order valence-corrected chi connectivity index (χ2v) is 5.59. The predicted molar refractivity (Wildman–Crippen MR) is 50.5 cm³/mol. The van der Waals surface area contributed by atoms with Crippen molar-refractivity contribution in [1.82, 2.24) is 9.97 Å². The largest absolute Gasteiger partial charge is 0.280 e. The van der Waals surface area contributed by atoms with Gasteiger partial charge in [0, 0.05) is 16.9 Å². The van der Waals surface area contributed by atoms with Crippen LogP contribution in [0.15, 0.2) is 22.8 Å². The van der Waals surface area contributed by atoms with Crippen LogP contribution in [0.3, 0.4) is 0 Å². The highest BCUT2D eigenvalue weighted by Crippen LogP contribution is 2.25. The van der Waals surface area contributed by atoms with E-state index in [2.05, 4.69) is 9.97 Å². The summed E-state index contributed by atoms with van der Waals surface area (Å²) >= 11 is 1.20. The van der Waals surface area contributed by atoms with Gasteiger partial charge in [0.15, 0.2) is 5.03 Å². The fourth-order valence-electron chi connectivity index (χ4n) is 0.941. The first kappa shape index (κ1) is 8.86. The molecule has 0 bridgehead atoms. The Bertz CT molecular complexity index is 549. The Labute approximate surface area is 82.6 Å². The fraction of sp³-hybridized carbons (Fsp3) is 0. The summed E-state index contributed by atoms with van der Waals surface area (Å²) in [6, 6.07) is 1.64. The fourth-order valence-corrected chi connectivity index (χ4v) is 3.08. The van der Waals surface area contributed by atoms with Crippen molar-refractivity contribution in [2.24, 2.45) is 0 Å². The summed E-state index contributed by atoms with van der Waals surface area (Å²) in [5.74, 6) is 0. The average Bonchev–Trinajstić information content (AvgIpc) is 2.48. The molecule has 0 aliphatic carbocycles. The predicted octanol–water partition coefficient (Wildman–Crippen LogP) is 1.62. The summed E-state index contributed by atoms with van der Waals surface area (Å²) in [7, 11) is 1.42. The Balaban J connectivity index is 2.91. The number of aromatic nitrogens is 2. The van der Waals surface area contributed by atoms with Gasteiger partial charge >= 0.3 is 0 Å². The normalized spacial score (nSPS) is 12.1. The average molecular weight is 235 g/mol. The van der Waals surface area contributed by atoms with Gasteiger partial charge in [0.2, 0.25) is 0 Å². The Morgan fingerprint density at radius 3 is 2.85 bits per heavy atom. The summed E-state index contributed by atoms with van der Waals surface area (Å²) in [6.07, 6.45) is 1.37. The molecule has 2 rings (SSSR count). The third-order valence-electron chi connectivity index (χ3n) is 1.44. The molecule has 0 N–H and O–H groups in total. The molecule has 7 heteroatoms. The molecular formula is C6H3ClN2O2S2. The molecule has 0 radical (unpaired) electrons. The van der Waals surface area contributed by atoms with Crippen LogP contribution in [0.1, 0.15) is 0 Å². The highest BCUT2D eigenvalue weighted by molar-refractivity contribution is 8.13. The van der Waals surface area contributed by atoms with E-state index in [0.717, 1.165) is 0 Å². The lowest BCUT2D eigenvalue weighted by Gasteiger charge is -1.94. The van der Waals surface area contributed by atoms with Crippen molar-refractivity contribution >= 4 is 41.3 Å². The molecule has 0 aromatic carbocycles. The summed E-state index contributed by atoms with van der Waals surface area (Å²) in [5.41, 5.74) is 2.15. The maximum atomic E-state index is 11.0. The maximum absolute atomic E-state index is 11.0. The van der Waals surface area contributed by atoms with Gasteiger partial charge in [-0.2, -0.15) is 0 Å². The van der Waals surface area contributed by atoms with Crippen molar-refractivity contribution < 1.29 is 8.42 Å². The van der Waals surface area contributed by atoms with Gasteiger partial charge in [-0.05, 0) is 6.07 Å². The van der Waals surface area contributed by atoms with Gasteiger partial charge in [0.05, 0.1) is 15.7 Å². The van der Waals surface area contributed by atoms with Crippen molar-refractivity contribution in [2.75, 3.05) is 0 Å². The highest BCUT2D eigenvalue weighted by Gasteiger charge is 2.16. The van der Waals surface area contributed by atoms with Crippen LogP contribution in [0.2, 0.25) is 0 Å². The van der Waals surface area contributed by atoms with Crippen LogP contribution >= 0.6 is 22.0 Å². The van der Waals surface area contributed by atoms with Crippen LogP contribution in [0, 0.1) is 0 Å². The molecule has 2 aromatic heterocycles. The van der Waals surface area contributed by atoms with Gasteiger partial charge in [0.25, 0.3) is 9.05 Å². The number of rotatable bonds is 1. The van der Waals surface area contributed by atoms with Crippen LogP contribution in [0.4, 0.5) is 0 Å². The van der Waals surface area contributed by atoms with Gasteiger partial charge in [-0.15, -0.1) is 11.3 Å². The second kappa shape index (κ2) is 2.90. The first-order chi connectivity index (χ1) is 6.09. The van der Waals surface area contributed by atoms with E-state index in [4.69, 9.17) is 10.7 Å². The SMILES string of the molecule is O=S(=O)(Cl)c1nccc2ncsc12. The van der Waals surface area contributed by atoms with E-state index < -0.39 is 9.05 Å². The lowest BCUT2D eigenvalue weighted by Crippen LogP contribution is -1.94. The van der Waals surface area contributed by atoms with Crippen LogP contribution < -0.4 is 0 Å². The van der Waals surface area contributed by atoms with E-state index in [1.54, 1.807) is 11.6 Å². The van der Waals surface area contributed by atoms with E-state index in [0.29, 0.717) is 10.2 Å². The molecule has 68 valence electrons. The molecule has 2 heterocycles. The first-order valence-electron chi connectivity index (χ1n) is 3.22. The molecule has 0 aliphatic rings. The summed E-state index contributed by atoms with van der Waals surface area (Å²) in [4.78, 5) is 7.65. The summed E-state index contributed by atoms with van der Waals surface area (Å²) < 4.78 is 22.6. The van der Waals surface area contributed by atoms with E-state index >= 15 is 0 Å². The molecule has 0 saturated carbocycles. The van der Waals surface area contributed by atoms with Crippen LogP contribution in [-0.4, -0.2) is 18.4 Å². The highest BCUT2D eigenvalue weighted by atomic mass is 35.7. The van der Waals surface area contributed by atoms with Gasteiger partial charge in [-0.3, -0.25) is 0 Å². The topological polar surface area (TPSA) is 59.9 Å². The molecule has 0 aliphatic heterocycles. The molecule has 4 nitrogen and oxygen atoms in total. The van der Waals surface area contributed by atoms with Crippen molar-refractivity contribution in [3.63, 3.8) is 0 Å². The summed E-state index contributed by atoms with van der Waals surface area (Å²) in [6.45, 7) is 0. The number of pyridine rings is 1. The monoisotopic (exact) mass is 234 g/mol. The minimum absolute atomic E-state index is 0.117. The van der Waals surface area contributed by atoms with Gasteiger partial charge in [0.1, 0.15) is 0 Å². The number of fused-ring (bicyclic) bond motifs is 1.